The number of hydrogen-bond donors (Lipinski definition) is 0. The van der Waals surface area contributed by atoms with Crippen LogP contribution in [0.15, 0.2) is 12.2 Å². The molecule has 0 nitrogen and oxygen atoms in total. The Morgan fingerprint density at radius 2 is 1.42 bits per heavy atom. The molecule has 0 amide bonds. The topological polar surface area (TPSA) is 0 Å². The molecular formula is C12H20. The first-order chi connectivity index (χ1) is 5.86. The minimum absolute atomic E-state index is 1.01. The molecule has 2 atom stereocenters. The normalized spacial score (nSPS) is 44.6. The lowest BCUT2D eigenvalue weighted by Crippen LogP contribution is -2.08. The van der Waals surface area contributed by atoms with Crippen LogP contribution in [0.1, 0.15) is 45.4 Å². The zero-order valence-corrected chi connectivity index (χ0v) is 8.13. The lowest BCUT2D eigenvalue weighted by atomic mass is 9.86. The molecule has 1 fully saturated rings. The van der Waals surface area contributed by atoms with Crippen LogP contribution in [0.4, 0.5) is 0 Å². The lowest BCUT2D eigenvalue weighted by molar-refractivity contribution is 0.343. The first kappa shape index (κ1) is 8.34. The van der Waals surface area contributed by atoms with E-state index in [1.54, 1.807) is 0 Å². The second-order valence-corrected chi connectivity index (χ2v) is 4.72. The predicted molar refractivity (Wildman–Crippen MR) is 53.0 cm³/mol. The smallest absolute Gasteiger partial charge is 0.0348 e. The Hall–Kier alpha value is -0.260. The molecule has 0 aromatic carbocycles. The van der Waals surface area contributed by atoms with Gasteiger partial charge in [-0.05, 0) is 56.3 Å². The molecule has 68 valence electrons. The van der Waals surface area contributed by atoms with Crippen molar-refractivity contribution in [1.29, 1.82) is 0 Å². The summed E-state index contributed by atoms with van der Waals surface area (Å²) in [7, 11) is 0. The maximum absolute atomic E-state index is 2.43. The van der Waals surface area contributed by atoms with E-state index in [9.17, 15) is 0 Å². The van der Waals surface area contributed by atoms with Gasteiger partial charge in [0.1, 0.15) is 0 Å². The van der Waals surface area contributed by atoms with E-state index in [-0.39, 0.29) is 0 Å². The third-order valence-corrected chi connectivity index (χ3v) is 3.65. The molecule has 0 radical (unpaired) electrons. The molecule has 2 unspecified atom stereocenters. The zero-order chi connectivity index (χ0) is 8.39. The van der Waals surface area contributed by atoms with Crippen molar-refractivity contribution in [3.63, 3.8) is 0 Å². The van der Waals surface area contributed by atoms with Gasteiger partial charge in [0.05, 0.1) is 0 Å². The van der Waals surface area contributed by atoms with E-state index in [4.69, 9.17) is 0 Å². The number of allylic oxidation sites excluding steroid dienone is 2. The molecule has 0 aromatic heterocycles. The predicted octanol–water partition coefficient (Wildman–Crippen LogP) is 3.78. The van der Waals surface area contributed by atoms with Crippen molar-refractivity contribution in [3.8, 4) is 0 Å². The van der Waals surface area contributed by atoms with Gasteiger partial charge in [0.15, 0.2) is 0 Å². The van der Waals surface area contributed by atoms with Gasteiger partial charge in [-0.25, -0.2) is 0 Å². The second-order valence-electron chi connectivity index (χ2n) is 4.72. The van der Waals surface area contributed by atoms with Crippen molar-refractivity contribution < 1.29 is 0 Å². The van der Waals surface area contributed by atoms with Gasteiger partial charge in [-0.1, -0.05) is 19.1 Å². The maximum Gasteiger partial charge on any atom is -0.0348 e. The third-order valence-electron chi connectivity index (χ3n) is 3.65. The molecular weight excluding hydrogens is 144 g/mol. The Morgan fingerprint density at radius 1 is 0.917 bits per heavy atom. The van der Waals surface area contributed by atoms with Gasteiger partial charge in [-0.15, -0.1) is 0 Å². The Morgan fingerprint density at radius 3 is 1.92 bits per heavy atom. The average molecular weight is 164 g/mol. The van der Waals surface area contributed by atoms with E-state index in [0.29, 0.717) is 0 Å². The van der Waals surface area contributed by atoms with E-state index >= 15 is 0 Å². The molecule has 0 bridgehead atoms. The van der Waals surface area contributed by atoms with E-state index in [0.717, 1.165) is 17.8 Å². The van der Waals surface area contributed by atoms with Gasteiger partial charge in [0.25, 0.3) is 0 Å². The lowest BCUT2D eigenvalue weighted by Gasteiger charge is -2.19. The highest BCUT2D eigenvalue weighted by Crippen LogP contribution is 2.42. The third kappa shape index (κ3) is 1.73. The van der Waals surface area contributed by atoms with Crippen LogP contribution in [0, 0.1) is 17.8 Å². The highest BCUT2D eigenvalue weighted by Gasteiger charge is 2.30. The summed E-state index contributed by atoms with van der Waals surface area (Å²) < 4.78 is 0. The van der Waals surface area contributed by atoms with Crippen molar-refractivity contribution in [2.24, 2.45) is 17.8 Å². The summed E-state index contributed by atoms with van der Waals surface area (Å²) in [6.07, 6.45) is 13.4. The van der Waals surface area contributed by atoms with Crippen molar-refractivity contribution in [3.05, 3.63) is 12.2 Å². The minimum Gasteiger partial charge on any atom is -0.0885 e. The van der Waals surface area contributed by atoms with Crippen LogP contribution in [0.5, 0.6) is 0 Å². The van der Waals surface area contributed by atoms with Crippen molar-refractivity contribution in [2.75, 3.05) is 0 Å². The molecule has 0 spiro atoms. The Balaban J connectivity index is 1.98. The number of hydrogen-bond acceptors (Lipinski definition) is 0. The van der Waals surface area contributed by atoms with Gasteiger partial charge in [-0.2, -0.15) is 0 Å². The van der Waals surface area contributed by atoms with E-state index in [1.807, 2.05) is 0 Å². The highest BCUT2D eigenvalue weighted by molar-refractivity contribution is 4.91. The van der Waals surface area contributed by atoms with Gasteiger partial charge >= 0.3 is 0 Å². The summed E-state index contributed by atoms with van der Waals surface area (Å²) in [4.78, 5) is 0. The highest BCUT2D eigenvalue weighted by atomic mass is 14.4. The Bertz CT molecular complexity index is 151. The molecule has 2 rings (SSSR count). The summed E-state index contributed by atoms with van der Waals surface area (Å²) >= 11 is 0. The molecule has 0 heterocycles. The molecule has 2 aliphatic carbocycles. The average Bonchev–Trinajstić information content (AvgIpc) is 2.32. The Labute approximate surface area is 76.1 Å². The van der Waals surface area contributed by atoms with Crippen LogP contribution in [0.25, 0.3) is 0 Å². The van der Waals surface area contributed by atoms with Crippen molar-refractivity contribution in [1.82, 2.24) is 0 Å². The molecule has 0 aromatic rings. The van der Waals surface area contributed by atoms with Gasteiger partial charge in [0, 0.05) is 0 Å². The standard InChI is InChI=1S/C12H20/c1-10-8-11-6-4-2-3-5-7-12(11)9-10/h2-3,10-12H,4-9H2,1H3/b3-2-. The second kappa shape index (κ2) is 3.64. The SMILES string of the molecule is CC1CC2CC/C=C\CCC2C1. The fourth-order valence-electron chi connectivity index (χ4n) is 3.08. The first-order valence-corrected chi connectivity index (χ1v) is 5.51. The fourth-order valence-corrected chi connectivity index (χ4v) is 3.08. The van der Waals surface area contributed by atoms with E-state index in [2.05, 4.69) is 19.1 Å². The van der Waals surface area contributed by atoms with Crippen molar-refractivity contribution in [2.45, 2.75) is 45.4 Å². The first-order valence-electron chi connectivity index (χ1n) is 5.51. The van der Waals surface area contributed by atoms with Crippen molar-refractivity contribution >= 4 is 0 Å². The summed E-state index contributed by atoms with van der Waals surface area (Å²) in [6.45, 7) is 2.43. The van der Waals surface area contributed by atoms with Crippen LogP contribution in [-0.4, -0.2) is 0 Å². The molecule has 12 heavy (non-hydrogen) atoms. The van der Waals surface area contributed by atoms with Crippen LogP contribution in [0.2, 0.25) is 0 Å². The maximum atomic E-state index is 2.43. The fraction of sp³-hybridized carbons (Fsp3) is 0.833. The van der Waals surface area contributed by atoms with Gasteiger partial charge < -0.3 is 0 Å². The molecule has 0 N–H and O–H groups in total. The number of fused-ring (bicyclic) bond motifs is 1. The van der Waals surface area contributed by atoms with Crippen LogP contribution < -0.4 is 0 Å². The van der Waals surface area contributed by atoms with Crippen LogP contribution in [0.3, 0.4) is 0 Å². The van der Waals surface area contributed by atoms with Gasteiger partial charge in [0.2, 0.25) is 0 Å². The molecule has 0 aliphatic heterocycles. The van der Waals surface area contributed by atoms with Crippen LogP contribution in [-0.2, 0) is 0 Å². The monoisotopic (exact) mass is 164 g/mol. The Kier molecular flexibility index (Phi) is 2.53. The van der Waals surface area contributed by atoms with E-state index < -0.39 is 0 Å². The molecule has 0 saturated heterocycles. The summed E-state index contributed by atoms with van der Waals surface area (Å²) in [5, 5.41) is 0. The summed E-state index contributed by atoms with van der Waals surface area (Å²) in [6, 6.07) is 0. The zero-order valence-electron chi connectivity index (χ0n) is 8.13. The molecule has 1 saturated carbocycles. The van der Waals surface area contributed by atoms with Gasteiger partial charge in [-0.3, -0.25) is 0 Å². The summed E-state index contributed by atoms with van der Waals surface area (Å²) in [5.41, 5.74) is 0. The summed E-state index contributed by atoms with van der Waals surface area (Å²) in [5.74, 6) is 3.16. The number of rotatable bonds is 0. The minimum atomic E-state index is 1.01. The molecule has 2 aliphatic rings. The largest absolute Gasteiger partial charge is 0.0885 e. The quantitative estimate of drug-likeness (QED) is 0.478. The van der Waals surface area contributed by atoms with Crippen LogP contribution >= 0.6 is 0 Å². The molecule has 0 heteroatoms. The van der Waals surface area contributed by atoms with E-state index in [1.165, 1.54) is 38.5 Å².